The summed E-state index contributed by atoms with van der Waals surface area (Å²) in [5, 5.41) is 8.60. The highest BCUT2D eigenvalue weighted by atomic mass is 16.5. The van der Waals surface area contributed by atoms with Crippen LogP contribution in [0.15, 0.2) is 11.1 Å². The zero-order chi connectivity index (χ0) is 7.56. The average Bonchev–Trinajstić information content (AvgIpc) is 1.88. The van der Waals surface area contributed by atoms with Crippen molar-refractivity contribution >= 4 is 5.97 Å². The lowest BCUT2D eigenvalue weighted by atomic mass is 10.1. The van der Waals surface area contributed by atoms with Crippen molar-refractivity contribution in [2.45, 2.75) is 13.3 Å². The van der Waals surface area contributed by atoms with E-state index in [1.54, 1.807) is 6.92 Å². The van der Waals surface area contributed by atoms with Crippen LogP contribution in [0.4, 0.5) is 0 Å². The fourth-order valence-corrected chi connectivity index (χ4v) is 0.989. The molecule has 0 aliphatic carbocycles. The van der Waals surface area contributed by atoms with Gasteiger partial charge in [-0.3, -0.25) is 0 Å². The Hall–Kier alpha value is -0.830. The number of carbonyl (C=O) groups is 1. The van der Waals surface area contributed by atoms with Crippen LogP contribution in [0.2, 0.25) is 0 Å². The van der Waals surface area contributed by atoms with E-state index in [-0.39, 0.29) is 0 Å². The molecule has 0 amide bonds. The van der Waals surface area contributed by atoms with Gasteiger partial charge in [0.25, 0.3) is 0 Å². The van der Waals surface area contributed by atoms with Gasteiger partial charge in [-0.15, -0.1) is 0 Å². The molecule has 56 valence electrons. The summed E-state index contributed by atoms with van der Waals surface area (Å²) in [6.45, 7) is 2.81. The van der Waals surface area contributed by atoms with Gasteiger partial charge in [0.2, 0.25) is 0 Å². The van der Waals surface area contributed by atoms with Crippen LogP contribution < -0.4 is 0 Å². The Balaban J connectivity index is 2.78. The normalized spacial score (nSPS) is 19.3. The first-order valence-electron chi connectivity index (χ1n) is 3.21. The number of ether oxygens (including phenoxy) is 1. The Morgan fingerprint density at radius 1 is 1.70 bits per heavy atom. The lowest BCUT2D eigenvalue weighted by Gasteiger charge is -2.14. The summed E-state index contributed by atoms with van der Waals surface area (Å²) >= 11 is 0. The van der Waals surface area contributed by atoms with Crippen molar-refractivity contribution in [2.24, 2.45) is 0 Å². The van der Waals surface area contributed by atoms with Crippen LogP contribution in [0.3, 0.4) is 0 Å². The van der Waals surface area contributed by atoms with Gasteiger partial charge in [-0.05, 0) is 12.5 Å². The fourth-order valence-electron chi connectivity index (χ4n) is 0.989. The second kappa shape index (κ2) is 2.84. The Kier molecular flexibility index (Phi) is 2.06. The molecule has 0 aromatic heterocycles. The summed E-state index contributed by atoms with van der Waals surface area (Å²) in [5.41, 5.74) is 1.37. The maximum absolute atomic E-state index is 10.5. The molecule has 1 aliphatic rings. The summed E-state index contributed by atoms with van der Waals surface area (Å²) in [5.74, 6) is -0.805. The zero-order valence-corrected chi connectivity index (χ0v) is 5.89. The molecule has 0 spiro atoms. The highest BCUT2D eigenvalue weighted by Crippen LogP contribution is 2.14. The molecule has 0 atom stereocenters. The summed E-state index contributed by atoms with van der Waals surface area (Å²) in [6, 6.07) is 0. The van der Waals surface area contributed by atoms with Gasteiger partial charge in [0.05, 0.1) is 13.2 Å². The molecule has 1 rings (SSSR count). The Morgan fingerprint density at radius 2 is 2.40 bits per heavy atom. The number of hydrogen-bond acceptors (Lipinski definition) is 2. The smallest absolute Gasteiger partial charge is 0.331 e. The average molecular weight is 142 g/mol. The Labute approximate surface area is 59.3 Å². The second-order valence-electron chi connectivity index (χ2n) is 2.37. The molecule has 0 fully saturated rings. The van der Waals surface area contributed by atoms with E-state index >= 15 is 0 Å². The van der Waals surface area contributed by atoms with Crippen LogP contribution in [-0.4, -0.2) is 24.3 Å². The van der Waals surface area contributed by atoms with Crippen molar-refractivity contribution in [3.63, 3.8) is 0 Å². The van der Waals surface area contributed by atoms with Gasteiger partial charge < -0.3 is 9.84 Å². The minimum Gasteiger partial charge on any atom is -0.478 e. The maximum atomic E-state index is 10.5. The van der Waals surface area contributed by atoms with Gasteiger partial charge in [-0.25, -0.2) is 4.79 Å². The van der Waals surface area contributed by atoms with Crippen molar-refractivity contribution in [3.8, 4) is 0 Å². The van der Waals surface area contributed by atoms with E-state index in [1.165, 1.54) is 0 Å². The third-order valence-electron chi connectivity index (χ3n) is 1.59. The second-order valence-corrected chi connectivity index (χ2v) is 2.37. The molecule has 0 unspecified atom stereocenters. The van der Waals surface area contributed by atoms with Crippen molar-refractivity contribution in [1.82, 2.24) is 0 Å². The first kappa shape index (κ1) is 7.28. The molecule has 10 heavy (non-hydrogen) atoms. The number of rotatable bonds is 1. The lowest BCUT2D eigenvalue weighted by molar-refractivity contribution is -0.133. The molecular weight excluding hydrogens is 132 g/mol. The molecule has 0 aromatic carbocycles. The molecular formula is C7H10O3. The molecule has 0 saturated carbocycles. The standard InChI is InChI=1S/C7H10O3/c1-5-4-10-3-2-6(5)7(8)9/h2-4H2,1H3,(H,8,9). The summed E-state index contributed by atoms with van der Waals surface area (Å²) in [6.07, 6.45) is 0.543. The Morgan fingerprint density at radius 3 is 2.80 bits per heavy atom. The molecule has 0 aromatic rings. The van der Waals surface area contributed by atoms with E-state index in [2.05, 4.69) is 0 Å². The first-order chi connectivity index (χ1) is 4.72. The van der Waals surface area contributed by atoms with Gasteiger partial charge >= 0.3 is 5.97 Å². The predicted octanol–water partition coefficient (Wildman–Crippen LogP) is 0.808. The van der Waals surface area contributed by atoms with E-state index in [0.29, 0.717) is 25.2 Å². The third-order valence-corrected chi connectivity index (χ3v) is 1.59. The number of carboxylic acids is 1. The van der Waals surface area contributed by atoms with E-state index in [9.17, 15) is 4.79 Å². The van der Waals surface area contributed by atoms with Crippen LogP contribution in [0.25, 0.3) is 0 Å². The summed E-state index contributed by atoms with van der Waals surface area (Å²) in [4.78, 5) is 10.5. The summed E-state index contributed by atoms with van der Waals surface area (Å²) < 4.78 is 5.04. The first-order valence-corrected chi connectivity index (χ1v) is 3.21. The SMILES string of the molecule is CC1=C(C(=O)O)CCOC1. The topological polar surface area (TPSA) is 46.5 Å². The largest absolute Gasteiger partial charge is 0.478 e. The van der Waals surface area contributed by atoms with Gasteiger partial charge in [-0.2, -0.15) is 0 Å². The van der Waals surface area contributed by atoms with Gasteiger partial charge in [0, 0.05) is 12.0 Å². The highest BCUT2D eigenvalue weighted by Gasteiger charge is 2.14. The van der Waals surface area contributed by atoms with Crippen LogP contribution in [0.1, 0.15) is 13.3 Å². The van der Waals surface area contributed by atoms with Crippen molar-refractivity contribution in [1.29, 1.82) is 0 Å². The molecule has 1 aliphatic heterocycles. The van der Waals surface area contributed by atoms with Crippen molar-refractivity contribution < 1.29 is 14.6 Å². The molecule has 1 heterocycles. The quantitative estimate of drug-likeness (QED) is 0.589. The molecule has 0 saturated heterocycles. The predicted molar refractivity (Wildman–Crippen MR) is 35.8 cm³/mol. The van der Waals surface area contributed by atoms with Crippen molar-refractivity contribution in [2.75, 3.05) is 13.2 Å². The minimum absolute atomic E-state index is 0.474. The maximum Gasteiger partial charge on any atom is 0.331 e. The molecule has 0 bridgehead atoms. The molecule has 1 N–H and O–H groups in total. The van der Waals surface area contributed by atoms with E-state index in [0.717, 1.165) is 5.57 Å². The number of carboxylic acid groups (broad SMARTS) is 1. The van der Waals surface area contributed by atoms with Gasteiger partial charge in [-0.1, -0.05) is 0 Å². The summed E-state index contributed by atoms with van der Waals surface area (Å²) in [7, 11) is 0. The van der Waals surface area contributed by atoms with Crippen LogP contribution in [-0.2, 0) is 9.53 Å². The molecule has 0 radical (unpaired) electrons. The minimum atomic E-state index is -0.805. The zero-order valence-electron chi connectivity index (χ0n) is 5.89. The number of hydrogen-bond donors (Lipinski definition) is 1. The third kappa shape index (κ3) is 1.36. The van der Waals surface area contributed by atoms with Crippen LogP contribution in [0, 0.1) is 0 Å². The highest BCUT2D eigenvalue weighted by molar-refractivity contribution is 5.87. The Bertz CT molecular complexity index is 181. The van der Waals surface area contributed by atoms with Crippen LogP contribution >= 0.6 is 0 Å². The van der Waals surface area contributed by atoms with Gasteiger partial charge in [0.1, 0.15) is 0 Å². The van der Waals surface area contributed by atoms with Gasteiger partial charge in [0.15, 0.2) is 0 Å². The van der Waals surface area contributed by atoms with Crippen LogP contribution in [0.5, 0.6) is 0 Å². The van der Waals surface area contributed by atoms with E-state index in [4.69, 9.17) is 9.84 Å². The monoisotopic (exact) mass is 142 g/mol. The lowest BCUT2D eigenvalue weighted by Crippen LogP contribution is -2.15. The van der Waals surface area contributed by atoms with E-state index in [1.807, 2.05) is 0 Å². The van der Waals surface area contributed by atoms with Crippen molar-refractivity contribution in [3.05, 3.63) is 11.1 Å². The molecule has 3 nitrogen and oxygen atoms in total. The molecule has 3 heteroatoms. The fraction of sp³-hybridized carbons (Fsp3) is 0.571. The number of aliphatic carboxylic acids is 1. The van der Waals surface area contributed by atoms with E-state index < -0.39 is 5.97 Å².